The molecule has 6 nitrogen and oxygen atoms in total. The Balaban J connectivity index is 2.36. The van der Waals surface area contributed by atoms with Crippen LogP contribution in [-0.2, 0) is 6.54 Å². The third-order valence-electron chi connectivity index (χ3n) is 2.97. The van der Waals surface area contributed by atoms with E-state index in [2.05, 4.69) is 4.98 Å². The molecule has 0 saturated carbocycles. The van der Waals surface area contributed by atoms with E-state index in [1.807, 2.05) is 0 Å². The standard InChI is InChI=1S/C12H12N2O4/c1-16-9-5-7-8(6-10(9)17-2)13-12-14(11(7)15)3-4-18-12/h5-6H,3-4H2,1-2H3. The van der Waals surface area contributed by atoms with Crippen LogP contribution >= 0.6 is 0 Å². The van der Waals surface area contributed by atoms with Crippen molar-refractivity contribution in [2.45, 2.75) is 6.54 Å². The highest BCUT2D eigenvalue weighted by atomic mass is 16.5. The summed E-state index contributed by atoms with van der Waals surface area (Å²) < 4.78 is 17.2. The van der Waals surface area contributed by atoms with Crippen molar-refractivity contribution in [3.63, 3.8) is 0 Å². The zero-order valence-electron chi connectivity index (χ0n) is 10.1. The average molecular weight is 248 g/mol. The summed E-state index contributed by atoms with van der Waals surface area (Å²) in [4.78, 5) is 16.5. The smallest absolute Gasteiger partial charge is 0.299 e. The number of fused-ring (bicyclic) bond motifs is 2. The number of aromatic nitrogens is 2. The minimum absolute atomic E-state index is 0.117. The number of nitrogens with zero attached hydrogens (tertiary/aromatic N) is 2. The fraction of sp³-hybridized carbons (Fsp3) is 0.333. The van der Waals surface area contributed by atoms with Gasteiger partial charge in [0.05, 0.1) is 31.7 Å². The highest BCUT2D eigenvalue weighted by molar-refractivity contribution is 5.82. The highest BCUT2D eigenvalue weighted by Gasteiger charge is 2.19. The van der Waals surface area contributed by atoms with E-state index in [1.54, 1.807) is 19.2 Å². The zero-order chi connectivity index (χ0) is 12.7. The highest BCUT2D eigenvalue weighted by Crippen LogP contribution is 2.31. The summed E-state index contributed by atoms with van der Waals surface area (Å²) in [7, 11) is 3.08. The molecular formula is C12H12N2O4. The SMILES string of the molecule is COc1cc2nc3n(c(=O)c2cc1OC)CCO3. The third-order valence-corrected chi connectivity index (χ3v) is 2.97. The number of ether oxygens (including phenoxy) is 3. The topological polar surface area (TPSA) is 62.6 Å². The van der Waals surface area contributed by atoms with Crippen molar-refractivity contribution in [2.75, 3.05) is 20.8 Å². The van der Waals surface area contributed by atoms with Gasteiger partial charge in [-0.05, 0) is 6.07 Å². The van der Waals surface area contributed by atoms with Crippen LogP contribution in [0.2, 0.25) is 0 Å². The van der Waals surface area contributed by atoms with Crippen LogP contribution < -0.4 is 19.8 Å². The number of rotatable bonds is 2. The van der Waals surface area contributed by atoms with Gasteiger partial charge < -0.3 is 14.2 Å². The van der Waals surface area contributed by atoms with E-state index in [9.17, 15) is 4.79 Å². The van der Waals surface area contributed by atoms with Crippen molar-refractivity contribution in [1.82, 2.24) is 9.55 Å². The van der Waals surface area contributed by atoms with Crippen LogP contribution in [0.1, 0.15) is 0 Å². The van der Waals surface area contributed by atoms with Crippen LogP contribution in [0.5, 0.6) is 17.5 Å². The molecule has 0 spiro atoms. The second-order valence-electron chi connectivity index (χ2n) is 3.92. The molecule has 0 bridgehead atoms. The Morgan fingerprint density at radius 1 is 1.28 bits per heavy atom. The van der Waals surface area contributed by atoms with Gasteiger partial charge in [-0.15, -0.1) is 0 Å². The van der Waals surface area contributed by atoms with Crippen LogP contribution in [-0.4, -0.2) is 30.4 Å². The van der Waals surface area contributed by atoms with E-state index in [0.29, 0.717) is 41.6 Å². The molecule has 94 valence electrons. The Labute approximate surface area is 103 Å². The maximum absolute atomic E-state index is 12.2. The minimum atomic E-state index is -0.117. The van der Waals surface area contributed by atoms with Gasteiger partial charge in [0, 0.05) is 6.07 Å². The van der Waals surface area contributed by atoms with E-state index in [0.717, 1.165) is 0 Å². The molecule has 1 aromatic heterocycles. The molecule has 0 unspecified atom stereocenters. The summed E-state index contributed by atoms with van der Waals surface area (Å²) in [6.45, 7) is 1.01. The first kappa shape index (κ1) is 10.9. The molecule has 0 radical (unpaired) electrons. The Hall–Kier alpha value is -2.24. The summed E-state index contributed by atoms with van der Waals surface area (Å²) in [5.41, 5.74) is 0.430. The van der Waals surface area contributed by atoms with E-state index in [-0.39, 0.29) is 5.56 Å². The van der Waals surface area contributed by atoms with Crippen LogP contribution in [0.3, 0.4) is 0 Å². The predicted octanol–water partition coefficient (Wildman–Crippen LogP) is 0.806. The molecule has 1 aliphatic heterocycles. The second-order valence-corrected chi connectivity index (χ2v) is 3.92. The van der Waals surface area contributed by atoms with Crippen LogP contribution in [0.4, 0.5) is 0 Å². The molecule has 0 fully saturated rings. The van der Waals surface area contributed by atoms with Gasteiger partial charge in [-0.3, -0.25) is 9.36 Å². The van der Waals surface area contributed by atoms with Crippen molar-refractivity contribution in [3.8, 4) is 17.5 Å². The Morgan fingerprint density at radius 3 is 2.72 bits per heavy atom. The van der Waals surface area contributed by atoms with E-state index in [4.69, 9.17) is 14.2 Å². The molecule has 0 saturated heterocycles. The molecule has 1 aromatic carbocycles. The van der Waals surface area contributed by atoms with E-state index < -0.39 is 0 Å². The normalized spacial score (nSPS) is 13.2. The average Bonchev–Trinajstić information content (AvgIpc) is 2.86. The monoisotopic (exact) mass is 248 g/mol. The summed E-state index contributed by atoms with van der Waals surface area (Å²) in [6.07, 6.45) is 0. The number of benzene rings is 1. The van der Waals surface area contributed by atoms with Crippen LogP contribution in [0.15, 0.2) is 16.9 Å². The van der Waals surface area contributed by atoms with Gasteiger partial charge in [0.15, 0.2) is 11.5 Å². The summed E-state index contributed by atoms with van der Waals surface area (Å²) in [5.74, 6) is 1.06. The maximum atomic E-state index is 12.2. The lowest BCUT2D eigenvalue weighted by Gasteiger charge is -2.09. The van der Waals surface area contributed by atoms with Crippen molar-refractivity contribution >= 4 is 10.9 Å². The fourth-order valence-corrected chi connectivity index (χ4v) is 2.06. The lowest BCUT2D eigenvalue weighted by molar-refractivity contribution is 0.345. The summed E-state index contributed by atoms with van der Waals surface area (Å²) in [5, 5.41) is 0.502. The first-order valence-corrected chi connectivity index (χ1v) is 5.54. The van der Waals surface area contributed by atoms with Gasteiger partial charge in [-0.25, -0.2) is 0 Å². The lowest BCUT2D eigenvalue weighted by Crippen LogP contribution is -2.18. The van der Waals surface area contributed by atoms with Crippen LogP contribution in [0.25, 0.3) is 10.9 Å². The molecule has 3 rings (SSSR count). The number of hydrogen-bond acceptors (Lipinski definition) is 5. The Morgan fingerprint density at radius 2 is 2.00 bits per heavy atom. The molecule has 2 aromatic rings. The zero-order valence-corrected chi connectivity index (χ0v) is 10.1. The van der Waals surface area contributed by atoms with Gasteiger partial charge in [0.25, 0.3) is 11.6 Å². The molecule has 0 amide bonds. The predicted molar refractivity (Wildman–Crippen MR) is 64.6 cm³/mol. The first-order valence-electron chi connectivity index (χ1n) is 5.54. The van der Waals surface area contributed by atoms with Crippen molar-refractivity contribution < 1.29 is 14.2 Å². The van der Waals surface area contributed by atoms with Gasteiger partial charge in [-0.1, -0.05) is 0 Å². The minimum Gasteiger partial charge on any atom is -0.493 e. The van der Waals surface area contributed by atoms with Gasteiger partial charge in [0.2, 0.25) is 0 Å². The molecule has 2 heterocycles. The fourth-order valence-electron chi connectivity index (χ4n) is 2.06. The Kier molecular flexibility index (Phi) is 2.36. The van der Waals surface area contributed by atoms with Crippen molar-refractivity contribution in [3.05, 3.63) is 22.5 Å². The summed E-state index contributed by atoms with van der Waals surface area (Å²) >= 11 is 0. The number of methoxy groups -OCH3 is 2. The lowest BCUT2D eigenvalue weighted by atomic mass is 10.2. The third kappa shape index (κ3) is 1.42. The van der Waals surface area contributed by atoms with Gasteiger partial charge >= 0.3 is 0 Å². The van der Waals surface area contributed by atoms with E-state index in [1.165, 1.54) is 11.7 Å². The van der Waals surface area contributed by atoms with E-state index >= 15 is 0 Å². The Bertz CT molecular complexity index is 678. The molecule has 18 heavy (non-hydrogen) atoms. The number of hydrogen-bond donors (Lipinski definition) is 0. The van der Waals surface area contributed by atoms with Crippen molar-refractivity contribution in [1.29, 1.82) is 0 Å². The first-order chi connectivity index (χ1) is 8.74. The molecule has 6 heteroatoms. The largest absolute Gasteiger partial charge is 0.493 e. The maximum Gasteiger partial charge on any atom is 0.299 e. The molecule has 0 atom stereocenters. The molecule has 0 aliphatic carbocycles. The summed E-state index contributed by atoms with van der Waals surface area (Å²) in [6, 6.07) is 3.69. The molecule has 1 aliphatic rings. The molecular weight excluding hydrogens is 236 g/mol. The quantitative estimate of drug-likeness (QED) is 0.786. The van der Waals surface area contributed by atoms with Gasteiger partial charge in [0.1, 0.15) is 6.61 Å². The van der Waals surface area contributed by atoms with Crippen LogP contribution in [0, 0.1) is 0 Å². The van der Waals surface area contributed by atoms with Crippen molar-refractivity contribution in [2.24, 2.45) is 0 Å². The van der Waals surface area contributed by atoms with Gasteiger partial charge in [-0.2, -0.15) is 4.98 Å². The molecule has 0 N–H and O–H groups in total. The second kappa shape index (κ2) is 3.90.